The van der Waals surface area contributed by atoms with Crippen LogP contribution in [-0.4, -0.2) is 53.0 Å². The summed E-state index contributed by atoms with van der Waals surface area (Å²) < 4.78 is 5.41. The molecule has 8 nitrogen and oxygen atoms in total. The van der Waals surface area contributed by atoms with Crippen molar-refractivity contribution in [2.45, 2.75) is 18.9 Å². The third-order valence-electron chi connectivity index (χ3n) is 5.76. The molecule has 1 atom stereocenters. The number of hydrogen-bond acceptors (Lipinski definition) is 7. The van der Waals surface area contributed by atoms with Crippen LogP contribution < -0.4 is 10.5 Å². The van der Waals surface area contributed by atoms with E-state index < -0.39 is 11.5 Å². The van der Waals surface area contributed by atoms with Gasteiger partial charge in [0.1, 0.15) is 11.6 Å². The van der Waals surface area contributed by atoms with Crippen LogP contribution >= 0.6 is 11.6 Å². The lowest BCUT2D eigenvalue weighted by Crippen LogP contribution is -2.46. The van der Waals surface area contributed by atoms with E-state index in [9.17, 15) is 0 Å². The zero-order chi connectivity index (χ0) is 25.0. The van der Waals surface area contributed by atoms with Gasteiger partial charge in [-0.15, -0.1) is 0 Å². The lowest BCUT2D eigenvalue weighted by Gasteiger charge is -2.33. The number of aromatic nitrogens is 1. The van der Waals surface area contributed by atoms with Gasteiger partial charge < -0.3 is 15.6 Å². The number of amidine groups is 1. The van der Waals surface area contributed by atoms with Crippen molar-refractivity contribution >= 4 is 29.4 Å². The number of benzene rings is 2. The SMILES string of the molecule is CC(=O)O.COc1cc(Cl)cc(-c2cccc(C3(c4ccncc4)N=C(N)N4CCCN=C43)c2)c1. The number of hydrogen-bond donors (Lipinski definition) is 2. The zero-order valence-electron chi connectivity index (χ0n) is 19.5. The first-order valence-corrected chi connectivity index (χ1v) is 11.5. The average molecular weight is 492 g/mol. The van der Waals surface area contributed by atoms with Crippen LogP contribution in [0.2, 0.25) is 5.02 Å². The number of pyridine rings is 1. The van der Waals surface area contributed by atoms with E-state index in [1.54, 1.807) is 25.6 Å². The van der Waals surface area contributed by atoms with E-state index in [1.165, 1.54) is 0 Å². The van der Waals surface area contributed by atoms with Gasteiger partial charge in [-0.2, -0.15) is 0 Å². The number of carbonyl (C=O) groups is 1. The van der Waals surface area contributed by atoms with Crippen molar-refractivity contribution in [2.24, 2.45) is 15.7 Å². The van der Waals surface area contributed by atoms with E-state index >= 15 is 0 Å². The molecule has 2 aliphatic heterocycles. The van der Waals surface area contributed by atoms with Crippen LogP contribution in [0.25, 0.3) is 11.1 Å². The molecule has 0 radical (unpaired) electrons. The number of aliphatic carboxylic acids is 1. The molecule has 0 saturated carbocycles. The number of methoxy groups -OCH3 is 1. The minimum absolute atomic E-state index is 0.491. The lowest BCUT2D eigenvalue weighted by molar-refractivity contribution is -0.134. The van der Waals surface area contributed by atoms with E-state index in [-0.39, 0.29) is 0 Å². The Morgan fingerprint density at radius 3 is 2.57 bits per heavy atom. The molecule has 2 aromatic carbocycles. The molecule has 0 spiro atoms. The van der Waals surface area contributed by atoms with Crippen molar-refractivity contribution < 1.29 is 14.6 Å². The van der Waals surface area contributed by atoms with Crippen LogP contribution in [0.15, 0.2) is 77.0 Å². The number of carboxylic acid groups (broad SMARTS) is 1. The largest absolute Gasteiger partial charge is 0.497 e. The van der Waals surface area contributed by atoms with E-state index in [2.05, 4.69) is 23.2 Å². The Balaban J connectivity index is 0.000000672. The molecular weight excluding hydrogens is 466 g/mol. The van der Waals surface area contributed by atoms with Gasteiger partial charge in [0, 0.05) is 37.4 Å². The van der Waals surface area contributed by atoms with Crippen molar-refractivity contribution in [1.82, 2.24) is 9.88 Å². The third kappa shape index (κ3) is 4.83. The summed E-state index contributed by atoms with van der Waals surface area (Å²) in [6.07, 6.45) is 4.51. The maximum Gasteiger partial charge on any atom is 0.300 e. The van der Waals surface area contributed by atoms with E-state index in [0.29, 0.717) is 16.7 Å². The van der Waals surface area contributed by atoms with Gasteiger partial charge in [0.2, 0.25) is 0 Å². The monoisotopic (exact) mass is 491 g/mol. The Labute approximate surface area is 208 Å². The number of carboxylic acids is 1. The van der Waals surface area contributed by atoms with Crippen LogP contribution in [-0.2, 0) is 10.3 Å². The number of nitrogens with two attached hydrogens (primary N) is 1. The quantitative estimate of drug-likeness (QED) is 0.566. The highest BCUT2D eigenvalue weighted by molar-refractivity contribution is 6.31. The van der Waals surface area contributed by atoms with Gasteiger partial charge in [0.05, 0.1) is 7.11 Å². The minimum Gasteiger partial charge on any atom is -0.497 e. The second-order valence-corrected chi connectivity index (χ2v) is 8.54. The molecule has 3 heterocycles. The molecular formula is C26H26ClN5O3. The fraction of sp³-hybridized carbons (Fsp3) is 0.231. The maximum atomic E-state index is 9.00. The Hall–Kier alpha value is -3.91. The van der Waals surface area contributed by atoms with Gasteiger partial charge in [-0.25, -0.2) is 4.99 Å². The smallest absolute Gasteiger partial charge is 0.300 e. The topological polar surface area (TPSA) is 113 Å². The van der Waals surface area contributed by atoms with E-state index in [1.807, 2.05) is 35.2 Å². The van der Waals surface area contributed by atoms with Crippen LogP contribution in [0.5, 0.6) is 5.75 Å². The summed E-state index contributed by atoms with van der Waals surface area (Å²) in [6.45, 7) is 2.65. The Morgan fingerprint density at radius 1 is 1.11 bits per heavy atom. The molecule has 0 fully saturated rings. The first kappa shape index (κ1) is 24.2. The van der Waals surface area contributed by atoms with Gasteiger partial charge in [-0.3, -0.25) is 19.7 Å². The standard InChI is InChI=1S/C24H22ClN5O.C2H4O2/c1-31-21-14-17(13-20(25)15-21)16-4-2-5-19(12-16)24(18-6-9-27-10-7-18)22-28-8-3-11-30(22)23(26)29-24;1-2(3)4/h2,4-7,9-10,12-15H,3,8,11H2,1H3,(H2,26,29);1H3,(H,3,4). The summed E-state index contributed by atoms with van der Waals surface area (Å²) in [5.41, 5.74) is 9.52. The summed E-state index contributed by atoms with van der Waals surface area (Å²) in [4.78, 5) is 25.1. The van der Waals surface area contributed by atoms with Crippen LogP contribution in [0.4, 0.5) is 0 Å². The molecule has 2 aliphatic rings. The number of fused-ring (bicyclic) bond motifs is 1. The first-order chi connectivity index (χ1) is 16.8. The molecule has 3 aromatic rings. The zero-order valence-corrected chi connectivity index (χ0v) is 20.2. The predicted octanol–water partition coefficient (Wildman–Crippen LogP) is 4.18. The van der Waals surface area contributed by atoms with E-state index in [0.717, 1.165) is 54.5 Å². The molecule has 180 valence electrons. The molecule has 1 aromatic heterocycles. The second-order valence-electron chi connectivity index (χ2n) is 8.11. The molecule has 0 saturated heterocycles. The van der Waals surface area contributed by atoms with Gasteiger partial charge in [-0.1, -0.05) is 29.8 Å². The second kappa shape index (κ2) is 10.1. The average Bonchev–Trinajstić information content (AvgIpc) is 3.17. The van der Waals surface area contributed by atoms with Crippen LogP contribution in [0.1, 0.15) is 24.5 Å². The Morgan fingerprint density at radius 2 is 1.86 bits per heavy atom. The lowest BCUT2D eigenvalue weighted by atomic mass is 9.81. The molecule has 3 N–H and O–H groups in total. The van der Waals surface area contributed by atoms with Crippen LogP contribution in [0, 0.1) is 0 Å². The number of halogens is 1. The molecule has 0 aliphatic carbocycles. The predicted molar refractivity (Wildman–Crippen MR) is 137 cm³/mol. The van der Waals surface area contributed by atoms with Gasteiger partial charge in [-0.05, 0) is 65.1 Å². The normalized spacial score (nSPS) is 18.5. The first-order valence-electron chi connectivity index (χ1n) is 11.1. The van der Waals surface area contributed by atoms with Crippen molar-refractivity contribution in [2.75, 3.05) is 20.2 Å². The fourth-order valence-corrected chi connectivity index (χ4v) is 4.56. The molecule has 0 bridgehead atoms. The summed E-state index contributed by atoms with van der Waals surface area (Å²) in [5, 5.41) is 8.04. The summed E-state index contributed by atoms with van der Waals surface area (Å²) in [5.74, 6) is 1.23. The Bertz CT molecular complexity index is 1290. The Kier molecular flexibility index (Phi) is 7.02. The van der Waals surface area contributed by atoms with Crippen molar-refractivity contribution in [3.63, 3.8) is 0 Å². The number of guanidine groups is 1. The fourth-order valence-electron chi connectivity index (χ4n) is 4.34. The van der Waals surface area contributed by atoms with Crippen molar-refractivity contribution in [1.29, 1.82) is 0 Å². The minimum atomic E-state index is -0.833. The summed E-state index contributed by atoms with van der Waals surface area (Å²) in [6, 6.07) is 17.9. The van der Waals surface area contributed by atoms with Gasteiger partial charge >= 0.3 is 0 Å². The highest BCUT2D eigenvalue weighted by atomic mass is 35.5. The number of aliphatic imine (C=N–C) groups is 2. The molecule has 9 heteroatoms. The summed E-state index contributed by atoms with van der Waals surface area (Å²) in [7, 11) is 1.64. The van der Waals surface area contributed by atoms with E-state index in [4.69, 9.17) is 42.0 Å². The summed E-state index contributed by atoms with van der Waals surface area (Å²) >= 11 is 6.33. The number of rotatable bonds is 4. The molecule has 1 unspecified atom stereocenters. The molecule has 0 amide bonds. The number of ether oxygens (including phenoxy) is 1. The van der Waals surface area contributed by atoms with Gasteiger partial charge in [0.15, 0.2) is 11.5 Å². The highest BCUT2D eigenvalue weighted by Gasteiger charge is 2.49. The van der Waals surface area contributed by atoms with Crippen LogP contribution in [0.3, 0.4) is 0 Å². The maximum absolute atomic E-state index is 9.00. The molecule has 5 rings (SSSR count). The highest BCUT2D eigenvalue weighted by Crippen LogP contribution is 2.42. The molecule has 35 heavy (non-hydrogen) atoms. The number of nitrogens with zero attached hydrogens (tertiary/aromatic N) is 4. The third-order valence-corrected chi connectivity index (χ3v) is 5.98. The van der Waals surface area contributed by atoms with Crippen molar-refractivity contribution in [3.8, 4) is 16.9 Å². The van der Waals surface area contributed by atoms with Crippen molar-refractivity contribution in [3.05, 3.63) is 83.1 Å². The van der Waals surface area contributed by atoms with Gasteiger partial charge in [0.25, 0.3) is 5.97 Å².